The molecule has 0 saturated carbocycles. The largest absolute Gasteiger partial charge is 0.437 e. The van der Waals surface area contributed by atoms with Crippen LogP contribution >= 0.6 is 11.3 Å². The molecular formula is C35H20FN3OS. The highest BCUT2D eigenvalue weighted by Gasteiger charge is 2.22. The third-order valence-corrected chi connectivity index (χ3v) is 9.22. The van der Waals surface area contributed by atoms with Crippen molar-refractivity contribution in [2.75, 3.05) is 0 Å². The Morgan fingerprint density at radius 1 is 0.732 bits per heavy atom. The minimum atomic E-state index is -0.295. The molecule has 0 bridgehead atoms. The molecule has 41 heavy (non-hydrogen) atoms. The van der Waals surface area contributed by atoms with Crippen LogP contribution in [0.5, 0.6) is 0 Å². The number of benzene rings is 5. The molecular weight excluding hydrogens is 529 g/mol. The van der Waals surface area contributed by atoms with Crippen molar-refractivity contribution >= 4 is 75.5 Å². The fraction of sp³-hybridized carbons (Fsp3) is 0.0286. The first kappa shape index (κ1) is 22.7. The lowest BCUT2D eigenvalue weighted by Crippen LogP contribution is -1.98. The maximum atomic E-state index is 14.7. The van der Waals surface area contributed by atoms with E-state index in [0.29, 0.717) is 22.2 Å². The molecule has 4 aromatic heterocycles. The molecule has 0 aliphatic heterocycles. The normalized spacial score (nSPS) is 12.1. The second-order valence-electron chi connectivity index (χ2n) is 10.4. The van der Waals surface area contributed by atoms with Crippen molar-refractivity contribution in [2.24, 2.45) is 0 Å². The number of rotatable bonds is 2. The van der Waals surface area contributed by atoms with E-state index in [-0.39, 0.29) is 5.82 Å². The molecule has 0 saturated heterocycles. The van der Waals surface area contributed by atoms with Crippen LogP contribution in [0.25, 0.3) is 81.3 Å². The molecule has 4 heterocycles. The standard InChI is InChI=1S/C35H20FN3OS/c1-19-16-17-29(33-31(19)21-8-2-5-15-30(21)41-33)39-28-14-4-3-12-27(28)37-34(39)22-10-6-9-20-23-18-24-25(36)11-7-13-26(24)38-35(23)40-32(20)22/h2-18H,1H3. The SMILES string of the molecule is Cc1ccc(-n2c(-c3cccc4c3oc3nc5cccc(F)c5cc34)nc3ccccc32)c2sc3ccccc3c12. The number of aromatic nitrogens is 3. The van der Waals surface area contributed by atoms with Crippen LogP contribution in [-0.4, -0.2) is 14.5 Å². The van der Waals surface area contributed by atoms with E-state index in [2.05, 4.69) is 58.9 Å². The van der Waals surface area contributed by atoms with Crippen LogP contribution in [0.1, 0.15) is 5.56 Å². The highest BCUT2D eigenvalue weighted by molar-refractivity contribution is 7.26. The van der Waals surface area contributed by atoms with Crippen LogP contribution in [0.15, 0.2) is 108 Å². The summed E-state index contributed by atoms with van der Waals surface area (Å²) in [5, 5.41) is 4.68. The van der Waals surface area contributed by atoms with Crippen LogP contribution in [0.3, 0.4) is 0 Å². The van der Waals surface area contributed by atoms with E-state index in [1.54, 1.807) is 23.5 Å². The molecule has 6 heteroatoms. The van der Waals surface area contributed by atoms with Gasteiger partial charge in [0.25, 0.3) is 0 Å². The lowest BCUT2D eigenvalue weighted by atomic mass is 10.1. The highest BCUT2D eigenvalue weighted by atomic mass is 32.1. The number of nitrogens with zero attached hydrogens (tertiary/aromatic N) is 3. The fourth-order valence-corrected chi connectivity index (χ4v) is 7.43. The van der Waals surface area contributed by atoms with Gasteiger partial charge in [-0.15, -0.1) is 11.3 Å². The van der Waals surface area contributed by atoms with E-state index in [0.717, 1.165) is 38.9 Å². The van der Waals surface area contributed by atoms with E-state index >= 15 is 0 Å². The lowest BCUT2D eigenvalue weighted by Gasteiger charge is -2.12. The summed E-state index contributed by atoms with van der Waals surface area (Å²) in [7, 11) is 0. The quantitative estimate of drug-likeness (QED) is 0.215. The van der Waals surface area contributed by atoms with Crippen LogP contribution in [0.2, 0.25) is 0 Å². The summed E-state index contributed by atoms with van der Waals surface area (Å²) in [5.74, 6) is 0.491. The van der Waals surface area contributed by atoms with Gasteiger partial charge in [-0.1, -0.05) is 54.6 Å². The summed E-state index contributed by atoms with van der Waals surface area (Å²) in [4.78, 5) is 9.84. The minimum Gasteiger partial charge on any atom is -0.437 e. The number of imidazole rings is 1. The third kappa shape index (κ3) is 3.13. The third-order valence-electron chi connectivity index (χ3n) is 8.03. The van der Waals surface area contributed by atoms with Gasteiger partial charge in [-0.25, -0.2) is 14.4 Å². The van der Waals surface area contributed by atoms with E-state index in [9.17, 15) is 4.39 Å². The van der Waals surface area contributed by atoms with Gasteiger partial charge in [0.2, 0.25) is 5.71 Å². The molecule has 0 aliphatic carbocycles. The summed E-state index contributed by atoms with van der Waals surface area (Å²) in [5.41, 5.74) is 6.83. The fourth-order valence-electron chi connectivity index (χ4n) is 6.15. The van der Waals surface area contributed by atoms with E-state index < -0.39 is 0 Å². The van der Waals surface area contributed by atoms with Crippen LogP contribution in [0, 0.1) is 12.7 Å². The van der Waals surface area contributed by atoms with Gasteiger partial charge in [-0.05, 0) is 61.0 Å². The van der Waals surface area contributed by atoms with E-state index in [4.69, 9.17) is 9.40 Å². The molecule has 0 N–H and O–H groups in total. The molecule has 0 unspecified atom stereocenters. The molecule has 9 rings (SSSR count). The van der Waals surface area contributed by atoms with E-state index in [1.807, 2.05) is 42.5 Å². The average molecular weight is 550 g/mol. The molecule has 0 amide bonds. The molecule has 5 aromatic carbocycles. The van der Waals surface area contributed by atoms with Gasteiger partial charge in [0.1, 0.15) is 17.2 Å². The zero-order valence-electron chi connectivity index (χ0n) is 21.9. The number of para-hydroxylation sites is 3. The summed E-state index contributed by atoms with van der Waals surface area (Å²) in [6.45, 7) is 2.17. The highest BCUT2D eigenvalue weighted by Crippen LogP contribution is 2.43. The van der Waals surface area contributed by atoms with E-state index in [1.165, 1.54) is 31.8 Å². The summed E-state index contributed by atoms with van der Waals surface area (Å²) < 4.78 is 25.8. The predicted octanol–water partition coefficient (Wildman–Crippen LogP) is 9.96. The molecule has 0 fully saturated rings. The zero-order chi connectivity index (χ0) is 27.2. The number of hydrogen-bond acceptors (Lipinski definition) is 4. The van der Waals surface area contributed by atoms with Gasteiger partial charge in [0, 0.05) is 31.6 Å². The van der Waals surface area contributed by atoms with Crippen molar-refractivity contribution in [3.05, 3.63) is 115 Å². The van der Waals surface area contributed by atoms with Gasteiger partial charge in [-0.2, -0.15) is 0 Å². The zero-order valence-corrected chi connectivity index (χ0v) is 22.7. The predicted molar refractivity (Wildman–Crippen MR) is 167 cm³/mol. The van der Waals surface area contributed by atoms with Gasteiger partial charge in [-0.3, -0.25) is 4.57 Å². The molecule has 194 valence electrons. The second kappa shape index (κ2) is 8.22. The van der Waals surface area contributed by atoms with Crippen molar-refractivity contribution < 1.29 is 8.81 Å². The van der Waals surface area contributed by atoms with Crippen molar-refractivity contribution in [3.8, 4) is 17.1 Å². The second-order valence-corrected chi connectivity index (χ2v) is 11.4. The Morgan fingerprint density at radius 3 is 2.49 bits per heavy atom. The lowest BCUT2D eigenvalue weighted by molar-refractivity contribution is 0.639. The summed E-state index contributed by atoms with van der Waals surface area (Å²) >= 11 is 1.81. The Hall–Kier alpha value is -5.07. The number of aryl methyl sites for hydroxylation is 1. The maximum Gasteiger partial charge on any atom is 0.227 e. The van der Waals surface area contributed by atoms with Crippen molar-refractivity contribution in [3.63, 3.8) is 0 Å². The Bertz CT molecular complexity index is 2520. The van der Waals surface area contributed by atoms with Crippen LogP contribution in [-0.2, 0) is 0 Å². The monoisotopic (exact) mass is 549 g/mol. The number of furan rings is 1. The van der Waals surface area contributed by atoms with Gasteiger partial charge < -0.3 is 4.42 Å². The molecule has 0 atom stereocenters. The number of pyridine rings is 1. The minimum absolute atomic E-state index is 0.295. The first-order valence-corrected chi connectivity index (χ1v) is 14.3. The smallest absolute Gasteiger partial charge is 0.227 e. The van der Waals surface area contributed by atoms with Gasteiger partial charge in [0.15, 0.2) is 0 Å². The topological polar surface area (TPSA) is 43.9 Å². The average Bonchev–Trinajstić information content (AvgIpc) is 3.68. The number of thiophene rings is 1. The van der Waals surface area contributed by atoms with Crippen molar-refractivity contribution in [2.45, 2.75) is 6.92 Å². The van der Waals surface area contributed by atoms with Gasteiger partial charge >= 0.3 is 0 Å². The number of fused-ring (bicyclic) bond motifs is 8. The molecule has 0 radical (unpaired) electrons. The maximum absolute atomic E-state index is 14.7. The molecule has 0 spiro atoms. The Kier molecular flexibility index (Phi) is 4.56. The van der Waals surface area contributed by atoms with Crippen molar-refractivity contribution in [1.82, 2.24) is 14.5 Å². The molecule has 4 nitrogen and oxygen atoms in total. The Balaban J connectivity index is 1.40. The van der Waals surface area contributed by atoms with Crippen LogP contribution < -0.4 is 0 Å². The number of halogens is 1. The Morgan fingerprint density at radius 2 is 1.54 bits per heavy atom. The first-order chi connectivity index (χ1) is 20.2. The summed E-state index contributed by atoms with van der Waals surface area (Å²) in [6, 6.07) is 34.0. The first-order valence-electron chi connectivity index (χ1n) is 13.5. The summed E-state index contributed by atoms with van der Waals surface area (Å²) in [6.07, 6.45) is 0. The van der Waals surface area contributed by atoms with Crippen molar-refractivity contribution in [1.29, 1.82) is 0 Å². The number of hydrogen-bond donors (Lipinski definition) is 0. The molecule has 9 aromatic rings. The Labute approximate surface area is 236 Å². The van der Waals surface area contributed by atoms with Crippen LogP contribution in [0.4, 0.5) is 4.39 Å². The molecule has 0 aliphatic rings. The van der Waals surface area contributed by atoms with Gasteiger partial charge in [0.05, 0.1) is 32.5 Å².